The summed E-state index contributed by atoms with van der Waals surface area (Å²) in [5.41, 5.74) is -0.159. The van der Waals surface area contributed by atoms with Crippen molar-refractivity contribution in [1.82, 2.24) is 4.98 Å². The molecule has 0 aliphatic rings. The van der Waals surface area contributed by atoms with E-state index in [4.69, 9.17) is 27.9 Å². The van der Waals surface area contributed by atoms with Crippen molar-refractivity contribution in [2.24, 2.45) is 0 Å². The van der Waals surface area contributed by atoms with Gasteiger partial charge in [-0.1, -0.05) is 35.3 Å². The fourth-order valence-corrected chi connectivity index (χ4v) is 3.57. The summed E-state index contributed by atoms with van der Waals surface area (Å²) in [6, 6.07) is 12.7. The highest BCUT2D eigenvalue weighted by Gasteiger charge is 2.20. The highest BCUT2D eigenvalue weighted by molar-refractivity contribution is 7.92. The molecule has 2 aromatic carbocycles. The Morgan fingerprint density at radius 1 is 1.04 bits per heavy atom. The molecule has 2 N–H and O–H groups in total. The fraction of sp³-hybridized carbons (Fsp3) is 0. The Labute approximate surface area is 170 Å². The van der Waals surface area contributed by atoms with Gasteiger partial charge in [0.05, 0.1) is 9.92 Å². The molecule has 1 heterocycles. The van der Waals surface area contributed by atoms with Gasteiger partial charge in [0.1, 0.15) is 17.0 Å². The average Bonchev–Trinajstić information content (AvgIpc) is 2.64. The Morgan fingerprint density at radius 2 is 1.71 bits per heavy atom. The number of pyridine rings is 1. The van der Waals surface area contributed by atoms with Gasteiger partial charge in [0.25, 0.3) is 10.0 Å². The van der Waals surface area contributed by atoms with E-state index in [-0.39, 0.29) is 32.8 Å². The van der Waals surface area contributed by atoms with Crippen LogP contribution in [0.25, 0.3) is 0 Å². The van der Waals surface area contributed by atoms with Gasteiger partial charge in [-0.15, -0.1) is 0 Å². The lowest BCUT2D eigenvalue weighted by Crippen LogP contribution is -2.14. The molecule has 0 spiro atoms. The SMILES string of the molecule is O=C(O)c1ccccc1Oc1ncc(Cl)cc1NS(=O)(=O)c1ccc(Cl)cc1. The minimum Gasteiger partial charge on any atom is -0.478 e. The van der Waals surface area contributed by atoms with Crippen molar-refractivity contribution >= 4 is 44.9 Å². The predicted molar refractivity (Wildman–Crippen MR) is 105 cm³/mol. The van der Waals surface area contributed by atoms with Gasteiger partial charge in [0.15, 0.2) is 0 Å². The van der Waals surface area contributed by atoms with E-state index >= 15 is 0 Å². The molecule has 0 atom stereocenters. The zero-order valence-electron chi connectivity index (χ0n) is 14.0. The zero-order chi connectivity index (χ0) is 20.3. The topological polar surface area (TPSA) is 106 Å². The third-order valence-corrected chi connectivity index (χ3v) is 5.35. The lowest BCUT2D eigenvalue weighted by Gasteiger charge is -2.14. The Hall–Kier alpha value is -2.81. The van der Waals surface area contributed by atoms with Crippen molar-refractivity contribution in [3.63, 3.8) is 0 Å². The molecule has 0 bridgehead atoms. The number of hydrogen-bond acceptors (Lipinski definition) is 5. The molecule has 3 rings (SSSR count). The lowest BCUT2D eigenvalue weighted by molar-refractivity contribution is 0.0694. The van der Waals surface area contributed by atoms with Crippen molar-refractivity contribution < 1.29 is 23.1 Å². The summed E-state index contributed by atoms with van der Waals surface area (Å²) in [5.74, 6) is -1.36. The zero-order valence-corrected chi connectivity index (χ0v) is 16.3. The minimum atomic E-state index is -3.99. The number of benzene rings is 2. The number of halogens is 2. The number of aromatic carboxylic acids is 1. The van der Waals surface area contributed by atoms with Crippen LogP contribution in [0, 0.1) is 0 Å². The molecule has 7 nitrogen and oxygen atoms in total. The Kier molecular flexibility index (Phi) is 5.73. The summed E-state index contributed by atoms with van der Waals surface area (Å²) >= 11 is 11.7. The first-order valence-corrected chi connectivity index (χ1v) is 9.94. The van der Waals surface area contributed by atoms with E-state index in [1.54, 1.807) is 6.07 Å². The number of carboxylic acids is 1. The van der Waals surface area contributed by atoms with Gasteiger partial charge in [-0.25, -0.2) is 18.2 Å². The number of nitrogens with zero attached hydrogens (tertiary/aromatic N) is 1. The van der Waals surface area contributed by atoms with E-state index < -0.39 is 16.0 Å². The molecule has 144 valence electrons. The molecular weight excluding hydrogens is 427 g/mol. The summed E-state index contributed by atoms with van der Waals surface area (Å²) < 4.78 is 33.2. The smallest absolute Gasteiger partial charge is 0.339 e. The maximum Gasteiger partial charge on any atom is 0.339 e. The predicted octanol–water partition coefficient (Wildman–Crippen LogP) is 4.68. The van der Waals surface area contributed by atoms with Gasteiger partial charge in [-0.2, -0.15) is 0 Å². The van der Waals surface area contributed by atoms with Crippen LogP contribution in [0.4, 0.5) is 5.69 Å². The number of ether oxygens (including phenoxy) is 1. The number of sulfonamides is 1. The number of carbonyl (C=O) groups is 1. The van der Waals surface area contributed by atoms with Gasteiger partial charge >= 0.3 is 5.97 Å². The number of rotatable bonds is 6. The van der Waals surface area contributed by atoms with Crippen LogP contribution in [0.5, 0.6) is 11.6 Å². The average molecular weight is 439 g/mol. The molecule has 0 aliphatic heterocycles. The second-order valence-corrected chi connectivity index (χ2v) is 8.02. The van der Waals surface area contributed by atoms with Gasteiger partial charge in [-0.3, -0.25) is 4.72 Å². The van der Waals surface area contributed by atoms with Crippen LogP contribution < -0.4 is 9.46 Å². The van der Waals surface area contributed by atoms with Crippen molar-refractivity contribution in [2.75, 3.05) is 4.72 Å². The van der Waals surface area contributed by atoms with Gasteiger partial charge < -0.3 is 9.84 Å². The van der Waals surface area contributed by atoms with Crippen LogP contribution >= 0.6 is 23.2 Å². The van der Waals surface area contributed by atoms with E-state index in [0.29, 0.717) is 5.02 Å². The van der Waals surface area contributed by atoms with Crippen LogP contribution in [-0.4, -0.2) is 24.5 Å². The van der Waals surface area contributed by atoms with Crippen molar-refractivity contribution in [3.8, 4) is 11.6 Å². The second kappa shape index (κ2) is 8.05. The summed E-state index contributed by atoms with van der Waals surface area (Å²) in [5, 5.41) is 9.82. The molecule has 0 saturated heterocycles. The molecule has 0 amide bonds. The minimum absolute atomic E-state index is 0.00300. The first kappa shape index (κ1) is 19.9. The summed E-state index contributed by atoms with van der Waals surface area (Å²) in [6.45, 7) is 0. The number of nitrogens with one attached hydrogen (secondary N) is 1. The standard InChI is InChI=1S/C18H12Cl2N2O5S/c19-11-5-7-13(8-6-11)28(25,26)22-15-9-12(20)10-21-17(15)27-16-4-2-1-3-14(16)18(23)24/h1-10,22H,(H,23,24). The third-order valence-electron chi connectivity index (χ3n) is 3.51. The van der Waals surface area contributed by atoms with Gasteiger partial charge in [-0.05, 0) is 42.5 Å². The molecule has 3 aromatic rings. The molecule has 0 aliphatic carbocycles. The largest absolute Gasteiger partial charge is 0.478 e. The highest BCUT2D eigenvalue weighted by atomic mass is 35.5. The number of hydrogen-bond donors (Lipinski definition) is 2. The number of anilines is 1. The summed E-state index contributed by atoms with van der Waals surface area (Å²) in [7, 11) is -3.99. The van der Waals surface area contributed by atoms with E-state index in [2.05, 4.69) is 9.71 Å². The normalized spacial score (nSPS) is 11.1. The molecule has 0 radical (unpaired) electrons. The van der Waals surface area contributed by atoms with Crippen molar-refractivity contribution in [2.45, 2.75) is 4.90 Å². The van der Waals surface area contributed by atoms with E-state index in [1.165, 1.54) is 54.7 Å². The van der Waals surface area contributed by atoms with Crippen LogP contribution in [0.2, 0.25) is 10.0 Å². The first-order chi connectivity index (χ1) is 13.3. The van der Waals surface area contributed by atoms with Crippen LogP contribution in [0.1, 0.15) is 10.4 Å². The Balaban J connectivity index is 1.98. The maximum atomic E-state index is 12.6. The van der Waals surface area contributed by atoms with E-state index in [1.807, 2.05) is 0 Å². The first-order valence-electron chi connectivity index (χ1n) is 7.70. The van der Waals surface area contributed by atoms with Crippen LogP contribution in [0.3, 0.4) is 0 Å². The summed E-state index contributed by atoms with van der Waals surface area (Å²) in [4.78, 5) is 15.3. The van der Waals surface area contributed by atoms with E-state index in [0.717, 1.165) is 0 Å². The molecule has 28 heavy (non-hydrogen) atoms. The monoisotopic (exact) mass is 438 g/mol. The molecule has 0 saturated carbocycles. The van der Waals surface area contributed by atoms with Gasteiger partial charge in [0.2, 0.25) is 5.88 Å². The lowest BCUT2D eigenvalue weighted by atomic mass is 10.2. The highest BCUT2D eigenvalue weighted by Crippen LogP contribution is 2.33. The summed E-state index contributed by atoms with van der Waals surface area (Å²) in [6.07, 6.45) is 1.25. The molecule has 0 fully saturated rings. The number of aromatic nitrogens is 1. The number of para-hydroxylation sites is 1. The molecular formula is C18H12Cl2N2O5S. The van der Waals surface area contributed by atoms with Crippen molar-refractivity contribution in [1.29, 1.82) is 0 Å². The van der Waals surface area contributed by atoms with E-state index in [9.17, 15) is 18.3 Å². The Morgan fingerprint density at radius 3 is 2.39 bits per heavy atom. The molecule has 1 aromatic heterocycles. The van der Waals surface area contributed by atoms with Crippen LogP contribution in [0.15, 0.2) is 65.7 Å². The number of carboxylic acid groups (broad SMARTS) is 1. The third kappa shape index (κ3) is 4.53. The molecule has 10 heteroatoms. The molecule has 0 unspecified atom stereocenters. The quantitative estimate of drug-likeness (QED) is 0.578. The fourth-order valence-electron chi connectivity index (χ4n) is 2.24. The van der Waals surface area contributed by atoms with Gasteiger partial charge in [0, 0.05) is 11.2 Å². The Bertz CT molecular complexity index is 1130. The maximum absolute atomic E-state index is 12.6. The van der Waals surface area contributed by atoms with Crippen LogP contribution in [-0.2, 0) is 10.0 Å². The second-order valence-electron chi connectivity index (χ2n) is 5.47. The van der Waals surface area contributed by atoms with Crippen molar-refractivity contribution in [3.05, 3.63) is 76.4 Å².